The molecule has 33 heavy (non-hydrogen) atoms. The van der Waals surface area contributed by atoms with Gasteiger partial charge in [0.15, 0.2) is 0 Å². The first-order chi connectivity index (χ1) is 16.0. The van der Waals surface area contributed by atoms with Crippen molar-refractivity contribution in [3.05, 3.63) is 35.0 Å². The minimum absolute atomic E-state index is 0.224. The molecule has 7 heteroatoms. The summed E-state index contributed by atoms with van der Waals surface area (Å²) in [5, 5.41) is 11.2. The van der Waals surface area contributed by atoms with Gasteiger partial charge in [-0.15, -0.1) is 0 Å². The number of nitrogens with zero attached hydrogens (tertiary/aromatic N) is 2. The normalized spacial score (nSPS) is 19.1. The predicted molar refractivity (Wildman–Crippen MR) is 139 cm³/mol. The van der Waals surface area contributed by atoms with E-state index in [-0.39, 0.29) is 12.3 Å². The highest BCUT2D eigenvalue weighted by molar-refractivity contribution is 7.99. The number of likely N-dealkylation sites (tertiary alicyclic amines) is 1. The molecule has 0 spiro atoms. The summed E-state index contributed by atoms with van der Waals surface area (Å²) in [5.41, 5.74) is 2.03. The van der Waals surface area contributed by atoms with Gasteiger partial charge in [0.05, 0.1) is 17.6 Å². The van der Waals surface area contributed by atoms with Crippen molar-refractivity contribution >= 4 is 40.2 Å². The zero-order chi connectivity index (χ0) is 23.6. The third-order valence-electron chi connectivity index (χ3n) is 6.74. The quantitative estimate of drug-likeness (QED) is 0.337. The van der Waals surface area contributed by atoms with Crippen LogP contribution in [-0.4, -0.2) is 59.2 Å². The maximum atomic E-state index is 11.5. The Morgan fingerprint density at radius 3 is 2.91 bits per heavy atom. The molecule has 182 valence electrons. The van der Waals surface area contributed by atoms with Crippen LogP contribution in [0, 0.1) is 11.8 Å². The molecule has 1 saturated heterocycles. The maximum Gasteiger partial charge on any atom is 0.303 e. The number of thioether (sulfide) groups is 1. The molecule has 1 aliphatic rings. The average molecular weight is 493 g/mol. The Morgan fingerprint density at radius 2 is 2.15 bits per heavy atom. The van der Waals surface area contributed by atoms with Gasteiger partial charge in [-0.05, 0) is 80.0 Å². The number of pyridine rings is 1. The van der Waals surface area contributed by atoms with Crippen molar-refractivity contribution in [2.24, 2.45) is 11.8 Å². The van der Waals surface area contributed by atoms with Gasteiger partial charge in [0.1, 0.15) is 5.75 Å². The molecule has 1 aromatic heterocycles. The van der Waals surface area contributed by atoms with E-state index >= 15 is 0 Å². The van der Waals surface area contributed by atoms with Gasteiger partial charge in [-0.1, -0.05) is 24.9 Å². The third kappa shape index (κ3) is 7.76. The van der Waals surface area contributed by atoms with Crippen molar-refractivity contribution in [2.75, 3.05) is 38.2 Å². The molecule has 0 aliphatic carbocycles. The van der Waals surface area contributed by atoms with Crippen LogP contribution in [0.1, 0.15) is 51.0 Å². The number of carbonyl (C=O) groups is 1. The fourth-order valence-electron chi connectivity index (χ4n) is 4.86. The minimum atomic E-state index is -0.681. The molecule has 1 aromatic carbocycles. The number of carboxylic acids is 1. The molecule has 2 heterocycles. The number of ether oxygens (including phenoxy) is 1. The van der Waals surface area contributed by atoms with E-state index in [0.29, 0.717) is 10.9 Å². The number of hydrogen-bond acceptors (Lipinski definition) is 5. The predicted octanol–water partition coefficient (Wildman–Crippen LogP) is 6.17. The van der Waals surface area contributed by atoms with Crippen LogP contribution < -0.4 is 4.74 Å². The maximum absolute atomic E-state index is 11.5. The number of carboxylic acid groups (broad SMARTS) is 1. The summed E-state index contributed by atoms with van der Waals surface area (Å²) in [5.74, 6) is 3.16. The van der Waals surface area contributed by atoms with Gasteiger partial charge < -0.3 is 14.7 Å². The van der Waals surface area contributed by atoms with E-state index in [4.69, 9.17) is 16.3 Å². The molecule has 0 bridgehead atoms. The number of methoxy groups -OCH3 is 1. The first-order valence-electron chi connectivity index (χ1n) is 12.1. The lowest BCUT2D eigenvalue weighted by Crippen LogP contribution is -2.42. The second-order valence-corrected chi connectivity index (χ2v) is 10.7. The van der Waals surface area contributed by atoms with Crippen molar-refractivity contribution in [3.8, 4) is 5.75 Å². The Balaban J connectivity index is 1.57. The molecule has 2 atom stereocenters. The number of benzene rings is 1. The second kappa shape index (κ2) is 13.4. The van der Waals surface area contributed by atoms with Gasteiger partial charge in [0, 0.05) is 36.8 Å². The highest BCUT2D eigenvalue weighted by Gasteiger charge is 2.30. The van der Waals surface area contributed by atoms with E-state index in [1.165, 1.54) is 18.6 Å². The Morgan fingerprint density at radius 1 is 1.30 bits per heavy atom. The number of aryl methyl sites for hydroxylation is 1. The summed E-state index contributed by atoms with van der Waals surface area (Å²) in [6.45, 7) is 5.27. The summed E-state index contributed by atoms with van der Waals surface area (Å²) in [7, 11) is 1.66. The first-order valence-corrected chi connectivity index (χ1v) is 13.7. The number of piperidine rings is 1. The number of aliphatic carboxylic acids is 1. The summed E-state index contributed by atoms with van der Waals surface area (Å²) >= 11 is 8.55. The molecule has 0 amide bonds. The molecular formula is C26H37ClN2O3S. The summed E-state index contributed by atoms with van der Waals surface area (Å²) in [6, 6.07) is 5.89. The lowest BCUT2D eigenvalue weighted by atomic mass is 9.80. The zero-order valence-corrected chi connectivity index (χ0v) is 21.5. The van der Waals surface area contributed by atoms with Gasteiger partial charge in [-0.25, -0.2) is 0 Å². The van der Waals surface area contributed by atoms with Crippen molar-refractivity contribution < 1.29 is 14.6 Å². The smallest absolute Gasteiger partial charge is 0.303 e. The van der Waals surface area contributed by atoms with Gasteiger partial charge in [-0.3, -0.25) is 9.78 Å². The number of halogens is 1. The second-order valence-electron chi connectivity index (χ2n) is 9.03. The van der Waals surface area contributed by atoms with Crippen molar-refractivity contribution in [2.45, 2.75) is 51.9 Å². The van der Waals surface area contributed by atoms with Crippen molar-refractivity contribution in [3.63, 3.8) is 0 Å². The van der Waals surface area contributed by atoms with E-state index in [2.05, 4.69) is 16.8 Å². The lowest BCUT2D eigenvalue weighted by Gasteiger charge is -2.38. The van der Waals surface area contributed by atoms with Crippen LogP contribution in [0.5, 0.6) is 5.75 Å². The number of hydrogen-bond donors (Lipinski definition) is 1. The largest absolute Gasteiger partial charge is 0.497 e. The summed E-state index contributed by atoms with van der Waals surface area (Å²) < 4.78 is 5.39. The summed E-state index contributed by atoms with van der Waals surface area (Å²) in [4.78, 5) is 18.5. The monoisotopic (exact) mass is 492 g/mol. The first kappa shape index (κ1) is 26.1. The van der Waals surface area contributed by atoms with Gasteiger partial charge in [0.25, 0.3) is 0 Å². The average Bonchev–Trinajstić information content (AvgIpc) is 2.80. The molecule has 1 fully saturated rings. The van der Waals surface area contributed by atoms with E-state index in [1.54, 1.807) is 13.3 Å². The number of rotatable bonds is 13. The molecule has 1 aliphatic heterocycles. The van der Waals surface area contributed by atoms with E-state index in [1.807, 2.05) is 30.0 Å². The molecule has 1 N–H and O–H groups in total. The van der Waals surface area contributed by atoms with Crippen molar-refractivity contribution in [1.29, 1.82) is 0 Å². The Kier molecular flexibility index (Phi) is 10.6. The SMILES string of the molecule is CCCCSCCN1CC[C@@H](CCCc2c(Cl)cnc3ccc(OC)cc23)[C@@H](CC(=O)O)C1. The van der Waals surface area contributed by atoms with Crippen LogP contribution in [-0.2, 0) is 11.2 Å². The molecule has 0 unspecified atom stereocenters. The van der Waals surface area contributed by atoms with Gasteiger partial charge >= 0.3 is 5.97 Å². The topological polar surface area (TPSA) is 62.7 Å². The Bertz CT molecular complexity index is 910. The standard InChI is InChI=1S/C26H37ClN2O3S/c1-3-4-13-33-14-12-29-11-10-19(20(18-29)15-26(30)31)6-5-7-22-23-16-21(32-2)8-9-25(23)28-17-24(22)27/h8-9,16-17,19-20H,3-7,10-15,18H2,1-2H3,(H,30,31)/t19-,20+/m1/s1. The van der Waals surface area contributed by atoms with Crippen LogP contribution in [0.4, 0.5) is 0 Å². The fourth-order valence-corrected chi connectivity index (χ4v) is 6.19. The molecule has 0 saturated carbocycles. The third-order valence-corrected chi connectivity index (χ3v) is 8.12. The highest BCUT2D eigenvalue weighted by atomic mass is 35.5. The van der Waals surface area contributed by atoms with Crippen LogP contribution in [0.15, 0.2) is 24.4 Å². The van der Waals surface area contributed by atoms with Crippen LogP contribution in [0.2, 0.25) is 5.02 Å². The number of unbranched alkanes of at least 4 members (excludes halogenated alkanes) is 1. The van der Waals surface area contributed by atoms with Crippen molar-refractivity contribution in [1.82, 2.24) is 9.88 Å². The number of fused-ring (bicyclic) bond motifs is 1. The number of aromatic nitrogens is 1. The van der Waals surface area contributed by atoms with E-state index < -0.39 is 5.97 Å². The van der Waals surface area contributed by atoms with E-state index in [9.17, 15) is 9.90 Å². The molecule has 3 rings (SSSR count). The molecule has 2 aromatic rings. The van der Waals surface area contributed by atoms with Crippen LogP contribution >= 0.6 is 23.4 Å². The zero-order valence-electron chi connectivity index (χ0n) is 19.9. The highest BCUT2D eigenvalue weighted by Crippen LogP contribution is 2.33. The van der Waals surface area contributed by atoms with Gasteiger partial charge in [0.2, 0.25) is 0 Å². The molecular weight excluding hydrogens is 456 g/mol. The fraction of sp³-hybridized carbons (Fsp3) is 0.615. The molecule has 0 radical (unpaired) electrons. The van der Waals surface area contributed by atoms with Crippen LogP contribution in [0.3, 0.4) is 0 Å². The lowest BCUT2D eigenvalue weighted by molar-refractivity contribution is -0.139. The Labute approximate surface area is 207 Å². The Hall–Kier alpha value is -1.50. The summed E-state index contributed by atoms with van der Waals surface area (Å²) in [6.07, 6.45) is 8.47. The van der Waals surface area contributed by atoms with Crippen LogP contribution in [0.25, 0.3) is 10.9 Å². The van der Waals surface area contributed by atoms with Gasteiger partial charge in [-0.2, -0.15) is 11.8 Å². The minimum Gasteiger partial charge on any atom is -0.497 e. The van der Waals surface area contributed by atoms with E-state index in [0.717, 1.165) is 73.3 Å². The molecule has 5 nitrogen and oxygen atoms in total.